The number of ether oxygens (including phenoxy) is 1. The molecule has 1 unspecified atom stereocenters. The molecule has 1 atom stereocenters. The Bertz CT molecular complexity index is 491. The van der Waals surface area contributed by atoms with Crippen LogP contribution in [0.4, 0.5) is 0 Å². The number of carbonyl (C=O) groups is 2. The smallest absolute Gasteiger partial charge is 0.306 e. The highest BCUT2D eigenvalue weighted by Crippen LogP contribution is 2.37. The number of hydrogen-bond donors (Lipinski definition) is 0. The Labute approximate surface area is 117 Å². The van der Waals surface area contributed by atoms with E-state index < -0.39 is 0 Å². The van der Waals surface area contributed by atoms with Crippen LogP contribution in [0.5, 0.6) is 0 Å². The Morgan fingerprint density at radius 1 is 1.37 bits per heavy atom. The van der Waals surface area contributed by atoms with Crippen LogP contribution < -0.4 is 0 Å². The number of cyclic esters (lactones) is 1. The molecule has 1 aliphatic heterocycles. The molecular weight excluding hydrogens is 260 g/mol. The summed E-state index contributed by atoms with van der Waals surface area (Å²) in [6.45, 7) is 3.93. The van der Waals surface area contributed by atoms with E-state index in [4.69, 9.17) is 4.74 Å². The summed E-state index contributed by atoms with van der Waals surface area (Å²) < 4.78 is 5.25. The molecule has 1 aromatic carbocycles. The van der Waals surface area contributed by atoms with Crippen LogP contribution in [-0.4, -0.2) is 24.1 Å². The van der Waals surface area contributed by atoms with Gasteiger partial charge in [-0.25, -0.2) is 0 Å². The van der Waals surface area contributed by atoms with Gasteiger partial charge in [-0.2, -0.15) is 0 Å². The quantitative estimate of drug-likeness (QED) is 0.481. The van der Waals surface area contributed by atoms with E-state index in [9.17, 15) is 9.59 Å². The highest BCUT2D eigenvalue weighted by molar-refractivity contribution is 7.98. The molecule has 0 saturated carbocycles. The van der Waals surface area contributed by atoms with Crippen molar-refractivity contribution in [3.63, 3.8) is 0 Å². The SMILES string of the molecule is CSc1ccc(C(=O)CC2OC(=O)CC2(C)C)cc1. The predicted molar refractivity (Wildman–Crippen MR) is 75.4 cm³/mol. The second-order valence-corrected chi connectivity index (χ2v) is 6.38. The van der Waals surface area contributed by atoms with Gasteiger partial charge in [-0.1, -0.05) is 26.0 Å². The minimum atomic E-state index is -0.312. The lowest BCUT2D eigenvalue weighted by atomic mass is 9.82. The summed E-state index contributed by atoms with van der Waals surface area (Å²) >= 11 is 1.64. The van der Waals surface area contributed by atoms with Crippen molar-refractivity contribution in [1.82, 2.24) is 0 Å². The number of ketones is 1. The zero-order chi connectivity index (χ0) is 14.0. The Hall–Kier alpha value is -1.29. The van der Waals surface area contributed by atoms with Crippen LogP contribution in [-0.2, 0) is 9.53 Å². The van der Waals surface area contributed by atoms with Crippen LogP contribution in [0.15, 0.2) is 29.2 Å². The summed E-state index contributed by atoms with van der Waals surface area (Å²) in [4.78, 5) is 24.7. The van der Waals surface area contributed by atoms with Gasteiger partial charge in [0.05, 0.1) is 6.42 Å². The molecule has 1 saturated heterocycles. The molecule has 1 heterocycles. The third-order valence-electron chi connectivity index (χ3n) is 3.53. The van der Waals surface area contributed by atoms with Gasteiger partial charge in [-0.3, -0.25) is 9.59 Å². The van der Waals surface area contributed by atoms with Crippen molar-refractivity contribution >= 4 is 23.5 Å². The van der Waals surface area contributed by atoms with Crippen molar-refractivity contribution in [2.75, 3.05) is 6.26 Å². The van der Waals surface area contributed by atoms with E-state index >= 15 is 0 Å². The van der Waals surface area contributed by atoms with Crippen molar-refractivity contribution in [3.8, 4) is 0 Å². The number of esters is 1. The molecule has 0 bridgehead atoms. The lowest BCUT2D eigenvalue weighted by molar-refractivity contribution is -0.141. The summed E-state index contributed by atoms with van der Waals surface area (Å²) in [7, 11) is 0. The normalized spacial score (nSPS) is 21.2. The Balaban J connectivity index is 2.06. The van der Waals surface area contributed by atoms with Crippen LogP contribution in [0.3, 0.4) is 0 Å². The predicted octanol–water partition coefficient (Wildman–Crippen LogP) is 3.32. The largest absolute Gasteiger partial charge is 0.461 e. The molecule has 1 aromatic rings. The first kappa shape index (κ1) is 14.1. The maximum Gasteiger partial charge on any atom is 0.306 e. The number of hydrogen-bond acceptors (Lipinski definition) is 4. The molecule has 4 heteroatoms. The first-order valence-corrected chi connectivity index (χ1v) is 7.51. The third-order valence-corrected chi connectivity index (χ3v) is 4.27. The Morgan fingerprint density at radius 3 is 2.47 bits per heavy atom. The van der Waals surface area contributed by atoms with Gasteiger partial charge in [0.2, 0.25) is 0 Å². The average molecular weight is 278 g/mol. The molecule has 1 fully saturated rings. The van der Waals surface area contributed by atoms with Crippen LogP contribution >= 0.6 is 11.8 Å². The van der Waals surface area contributed by atoms with Crippen molar-refractivity contribution in [2.24, 2.45) is 5.41 Å². The highest BCUT2D eigenvalue weighted by Gasteiger charge is 2.42. The second kappa shape index (κ2) is 5.37. The molecule has 0 radical (unpaired) electrons. The fraction of sp³-hybridized carbons (Fsp3) is 0.467. The minimum absolute atomic E-state index is 0.0282. The fourth-order valence-electron chi connectivity index (χ4n) is 2.23. The highest BCUT2D eigenvalue weighted by atomic mass is 32.2. The lowest BCUT2D eigenvalue weighted by Crippen LogP contribution is -2.27. The van der Waals surface area contributed by atoms with E-state index in [-0.39, 0.29) is 29.7 Å². The van der Waals surface area contributed by atoms with E-state index in [1.165, 1.54) is 0 Å². The average Bonchev–Trinajstić information content (AvgIpc) is 2.62. The molecular formula is C15H18O3S. The van der Waals surface area contributed by atoms with Gasteiger partial charge in [0.15, 0.2) is 5.78 Å². The molecule has 102 valence electrons. The second-order valence-electron chi connectivity index (χ2n) is 5.50. The van der Waals surface area contributed by atoms with Gasteiger partial charge < -0.3 is 4.74 Å². The molecule has 0 aromatic heterocycles. The molecule has 0 amide bonds. The number of carbonyl (C=O) groups excluding carboxylic acids is 2. The fourth-order valence-corrected chi connectivity index (χ4v) is 2.64. The van der Waals surface area contributed by atoms with Gasteiger partial charge in [0.25, 0.3) is 0 Å². The zero-order valence-electron chi connectivity index (χ0n) is 11.4. The van der Waals surface area contributed by atoms with Crippen LogP contribution in [0.25, 0.3) is 0 Å². The number of Topliss-reactive ketones (excluding diaryl/α,β-unsaturated/α-hetero) is 1. The third kappa shape index (κ3) is 3.18. The molecule has 0 aliphatic carbocycles. The van der Waals surface area contributed by atoms with Gasteiger partial charge in [-0.05, 0) is 18.4 Å². The van der Waals surface area contributed by atoms with Crippen molar-refractivity contribution in [3.05, 3.63) is 29.8 Å². The van der Waals surface area contributed by atoms with E-state index in [0.717, 1.165) is 4.90 Å². The van der Waals surface area contributed by atoms with Crippen molar-refractivity contribution < 1.29 is 14.3 Å². The molecule has 0 spiro atoms. The molecule has 19 heavy (non-hydrogen) atoms. The van der Waals surface area contributed by atoms with Crippen molar-refractivity contribution in [1.29, 1.82) is 0 Å². The molecule has 3 nitrogen and oxygen atoms in total. The molecule has 1 aliphatic rings. The molecule has 0 N–H and O–H groups in total. The Morgan fingerprint density at radius 2 is 2.00 bits per heavy atom. The number of benzene rings is 1. The van der Waals surface area contributed by atoms with Gasteiger partial charge in [0, 0.05) is 22.3 Å². The standard InChI is InChI=1S/C15H18O3S/c1-15(2)9-14(17)18-13(15)8-12(16)10-4-6-11(19-3)7-5-10/h4-7,13H,8-9H2,1-3H3. The van der Waals surface area contributed by atoms with Gasteiger partial charge in [0.1, 0.15) is 6.10 Å². The minimum Gasteiger partial charge on any atom is -0.461 e. The first-order chi connectivity index (χ1) is 8.92. The maximum absolute atomic E-state index is 12.2. The Kier molecular flexibility index (Phi) is 3.99. The number of rotatable bonds is 4. The van der Waals surface area contributed by atoms with Crippen LogP contribution in [0.2, 0.25) is 0 Å². The summed E-state index contributed by atoms with van der Waals surface area (Å²) in [5.41, 5.74) is 0.419. The maximum atomic E-state index is 12.2. The van der Waals surface area contributed by atoms with E-state index in [2.05, 4.69) is 0 Å². The zero-order valence-corrected chi connectivity index (χ0v) is 12.3. The van der Waals surface area contributed by atoms with Gasteiger partial charge in [-0.15, -0.1) is 11.8 Å². The monoisotopic (exact) mass is 278 g/mol. The van der Waals surface area contributed by atoms with Crippen LogP contribution in [0.1, 0.15) is 37.0 Å². The van der Waals surface area contributed by atoms with E-state index in [1.807, 2.05) is 44.4 Å². The van der Waals surface area contributed by atoms with E-state index in [0.29, 0.717) is 12.0 Å². The first-order valence-electron chi connectivity index (χ1n) is 6.29. The van der Waals surface area contributed by atoms with Gasteiger partial charge >= 0.3 is 5.97 Å². The lowest BCUT2D eigenvalue weighted by Gasteiger charge is -2.22. The number of thioether (sulfide) groups is 1. The van der Waals surface area contributed by atoms with Crippen LogP contribution in [0, 0.1) is 5.41 Å². The molecule has 2 rings (SSSR count). The summed E-state index contributed by atoms with van der Waals surface area (Å²) in [5, 5.41) is 0. The summed E-state index contributed by atoms with van der Waals surface area (Å²) in [6.07, 6.45) is 2.33. The topological polar surface area (TPSA) is 43.4 Å². The van der Waals surface area contributed by atoms with E-state index in [1.54, 1.807) is 11.8 Å². The summed E-state index contributed by atoms with van der Waals surface area (Å²) in [6, 6.07) is 7.53. The van der Waals surface area contributed by atoms with Crippen molar-refractivity contribution in [2.45, 2.75) is 37.7 Å². The summed E-state index contributed by atoms with van der Waals surface area (Å²) in [5.74, 6) is -0.180.